The molecule has 0 radical (unpaired) electrons. The fourth-order valence-corrected chi connectivity index (χ4v) is 4.60. The van der Waals surface area contributed by atoms with Crippen molar-refractivity contribution in [2.75, 3.05) is 20.4 Å². The fourth-order valence-electron chi connectivity index (χ4n) is 4.60. The number of aromatic amines is 1. The van der Waals surface area contributed by atoms with Crippen LogP contribution in [0.1, 0.15) is 34.8 Å². The number of aromatic hydroxyl groups is 1. The van der Waals surface area contributed by atoms with Crippen LogP contribution in [0.25, 0.3) is 10.9 Å². The number of amides is 1. The summed E-state index contributed by atoms with van der Waals surface area (Å²) in [7, 11) is 1.49. The number of aryl methyl sites for hydroxylation is 1. The van der Waals surface area contributed by atoms with Gasteiger partial charge < -0.3 is 34.0 Å². The minimum atomic E-state index is -0.807. The van der Waals surface area contributed by atoms with Gasteiger partial charge in [-0.15, -0.1) is 0 Å². The fraction of sp³-hybridized carbons (Fsp3) is 0.259. The highest BCUT2D eigenvalue weighted by atomic mass is 16.7. The molecule has 3 heterocycles. The number of nitrogens with one attached hydrogen (secondary N) is 2. The van der Waals surface area contributed by atoms with Crippen molar-refractivity contribution in [1.82, 2.24) is 10.3 Å². The van der Waals surface area contributed by atoms with Crippen molar-refractivity contribution >= 4 is 16.8 Å². The molecular weight excluding hydrogens is 464 g/mol. The first kappa shape index (κ1) is 23.3. The van der Waals surface area contributed by atoms with E-state index in [0.29, 0.717) is 35.8 Å². The maximum absolute atomic E-state index is 13.0. The molecule has 9 nitrogen and oxygen atoms in total. The van der Waals surface area contributed by atoms with E-state index < -0.39 is 11.5 Å². The van der Waals surface area contributed by atoms with Crippen LogP contribution in [0.5, 0.6) is 23.0 Å². The third-order valence-corrected chi connectivity index (χ3v) is 6.30. The van der Waals surface area contributed by atoms with Gasteiger partial charge in [-0.2, -0.15) is 0 Å². The van der Waals surface area contributed by atoms with Crippen LogP contribution in [-0.4, -0.2) is 36.4 Å². The lowest BCUT2D eigenvalue weighted by Crippen LogP contribution is -2.28. The van der Waals surface area contributed by atoms with E-state index in [1.54, 1.807) is 19.1 Å². The SMILES string of the molecule is COc1cc(C(CC(=O)NCCc2c[nH]c3ccccc23)c2c(O)cc(C)oc2=O)cc2c1OCO2. The third-order valence-electron chi connectivity index (χ3n) is 6.30. The summed E-state index contributed by atoms with van der Waals surface area (Å²) in [4.78, 5) is 29.1. The van der Waals surface area contributed by atoms with Crippen LogP contribution in [-0.2, 0) is 11.2 Å². The molecular formula is C27H26N2O7. The van der Waals surface area contributed by atoms with Crippen LogP contribution >= 0.6 is 0 Å². The predicted octanol–water partition coefficient (Wildman–Crippen LogP) is 3.75. The topological polar surface area (TPSA) is 123 Å². The standard InChI is InChI=1S/C27H26N2O7/c1-15-9-21(30)25(27(32)36-15)19(17-10-22(33-2)26-23(11-17)34-14-35-26)12-24(31)28-8-7-16-13-29-20-6-4-3-5-18(16)20/h3-6,9-11,13,19,29-30H,7-8,12,14H2,1-2H3,(H,28,31). The summed E-state index contributed by atoms with van der Waals surface area (Å²) in [5.74, 6) is 0.228. The molecule has 1 aliphatic heterocycles. The number of methoxy groups -OCH3 is 1. The second-order valence-electron chi connectivity index (χ2n) is 8.62. The third kappa shape index (κ3) is 4.47. The summed E-state index contributed by atoms with van der Waals surface area (Å²) in [6.45, 7) is 2.01. The summed E-state index contributed by atoms with van der Waals surface area (Å²) in [5, 5.41) is 14.7. The first-order chi connectivity index (χ1) is 17.4. The molecule has 36 heavy (non-hydrogen) atoms. The molecule has 1 aliphatic rings. The maximum atomic E-state index is 13.0. The smallest absolute Gasteiger partial charge is 0.343 e. The molecule has 1 unspecified atom stereocenters. The van der Waals surface area contributed by atoms with Crippen LogP contribution in [0.4, 0.5) is 0 Å². The number of H-pyrrole nitrogens is 1. The monoisotopic (exact) mass is 490 g/mol. The average molecular weight is 491 g/mol. The number of benzene rings is 2. The molecule has 186 valence electrons. The molecule has 0 spiro atoms. The van der Waals surface area contributed by atoms with Gasteiger partial charge in [0.1, 0.15) is 11.5 Å². The first-order valence-corrected chi connectivity index (χ1v) is 11.6. The van der Waals surface area contributed by atoms with Crippen molar-refractivity contribution in [3.8, 4) is 23.0 Å². The molecule has 0 saturated carbocycles. The van der Waals surface area contributed by atoms with Gasteiger partial charge in [0.15, 0.2) is 11.5 Å². The molecule has 0 fully saturated rings. The zero-order valence-electron chi connectivity index (χ0n) is 19.9. The highest BCUT2D eigenvalue weighted by Crippen LogP contribution is 2.45. The van der Waals surface area contributed by atoms with Crippen molar-refractivity contribution in [3.63, 3.8) is 0 Å². The van der Waals surface area contributed by atoms with Crippen LogP contribution in [0.3, 0.4) is 0 Å². The number of fused-ring (bicyclic) bond motifs is 2. The van der Waals surface area contributed by atoms with Gasteiger partial charge in [-0.05, 0) is 42.7 Å². The van der Waals surface area contributed by atoms with Crippen LogP contribution in [0.15, 0.2) is 57.9 Å². The summed E-state index contributed by atoms with van der Waals surface area (Å²) in [6, 6.07) is 12.7. The molecule has 2 aromatic carbocycles. The van der Waals surface area contributed by atoms with Crippen LogP contribution in [0.2, 0.25) is 0 Å². The second kappa shape index (κ2) is 9.69. The zero-order chi connectivity index (χ0) is 25.2. The maximum Gasteiger partial charge on any atom is 0.343 e. The van der Waals surface area contributed by atoms with E-state index in [-0.39, 0.29) is 36.2 Å². The molecule has 1 atom stereocenters. The number of hydrogen-bond acceptors (Lipinski definition) is 7. The molecule has 2 aromatic heterocycles. The molecule has 4 aromatic rings. The number of hydrogen-bond donors (Lipinski definition) is 3. The molecule has 1 amide bonds. The number of para-hydroxylation sites is 1. The summed E-state index contributed by atoms with van der Waals surface area (Å²) >= 11 is 0. The number of aromatic nitrogens is 1. The van der Waals surface area contributed by atoms with E-state index in [0.717, 1.165) is 16.5 Å². The van der Waals surface area contributed by atoms with Gasteiger partial charge in [-0.1, -0.05) is 18.2 Å². The minimum Gasteiger partial charge on any atom is -0.507 e. The lowest BCUT2D eigenvalue weighted by atomic mass is 9.88. The summed E-state index contributed by atoms with van der Waals surface area (Å²) in [6.07, 6.45) is 2.47. The quantitative estimate of drug-likeness (QED) is 0.344. The molecule has 0 bridgehead atoms. The van der Waals surface area contributed by atoms with Gasteiger partial charge in [0, 0.05) is 42.0 Å². The Bertz CT molecular complexity index is 1490. The van der Waals surface area contributed by atoms with Crippen molar-refractivity contribution in [2.24, 2.45) is 0 Å². The van der Waals surface area contributed by atoms with Gasteiger partial charge in [0.05, 0.1) is 12.7 Å². The van der Waals surface area contributed by atoms with Gasteiger partial charge in [-0.25, -0.2) is 4.79 Å². The van der Waals surface area contributed by atoms with Gasteiger partial charge in [-0.3, -0.25) is 4.79 Å². The minimum absolute atomic E-state index is 0.00621. The van der Waals surface area contributed by atoms with Gasteiger partial charge >= 0.3 is 5.63 Å². The highest BCUT2D eigenvalue weighted by molar-refractivity contribution is 5.83. The Kier molecular flexibility index (Phi) is 6.28. The Morgan fingerprint density at radius 2 is 2.06 bits per heavy atom. The molecule has 5 rings (SSSR count). The Morgan fingerprint density at radius 1 is 1.22 bits per heavy atom. The van der Waals surface area contributed by atoms with E-state index >= 15 is 0 Å². The Morgan fingerprint density at radius 3 is 2.86 bits per heavy atom. The number of ether oxygens (including phenoxy) is 3. The van der Waals surface area contributed by atoms with E-state index in [4.69, 9.17) is 18.6 Å². The van der Waals surface area contributed by atoms with Crippen molar-refractivity contribution in [1.29, 1.82) is 0 Å². The van der Waals surface area contributed by atoms with E-state index in [2.05, 4.69) is 10.3 Å². The Hall–Kier alpha value is -4.40. The number of carbonyl (C=O) groups excluding carboxylic acids is 1. The highest BCUT2D eigenvalue weighted by Gasteiger charge is 2.29. The van der Waals surface area contributed by atoms with E-state index in [1.807, 2.05) is 30.5 Å². The lowest BCUT2D eigenvalue weighted by molar-refractivity contribution is -0.121. The van der Waals surface area contributed by atoms with Crippen molar-refractivity contribution < 1.29 is 28.5 Å². The lowest BCUT2D eigenvalue weighted by Gasteiger charge is -2.19. The largest absolute Gasteiger partial charge is 0.507 e. The van der Waals surface area contributed by atoms with E-state index in [9.17, 15) is 14.7 Å². The number of carbonyl (C=O) groups is 1. The Labute approximate surface area is 206 Å². The normalized spacial score (nSPS) is 13.1. The van der Waals surface area contributed by atoms with Crippen molar-refractivity contribution in [2.45, 2.75) is 25.7 Å². The molecule has 0 aliphatic carbocycles. The molecule has 3 N–H and O–H groups in total. The van der Waals surface area contributed by atoms with Gasteiger partial charge in [0.2, 0.25) is 18.4 Å². The zero-order valence-corrected chi connectivity index (χ0v) is 19.9. The molecule has 0 saturated heterocycles. The van der Waals surface area contributed by atoms with Gasteiger partial charge in [0.25, 0.3) is 0 Å². The predicted molar refractivity (Wildman–Crippen MR) is 132 cm³/mol. The summed E-state index contributed by atoms with van der Waals surface area (Å²) < 4.78 is 21.7. The summed E-state index contributed by atoms with van der Waals surface area (Å²) in [5.41, 5.74) is 1.97. The molecule has 9 heteroatoms. The van der Waals surface area contributed by atoms with Crippen molar-refractivity contribution in [3.05, 3.63) is 81.5 Å². The number of rotatable bonds is 8. The van der Waals surface area contributed by atoms with E-state index in [1.165, 1.54) is 13.2 Å². The van der Waals surface area contributed by atoms with Crippen LogP contribution in [0, 0.1) is 6.92 Å². The Balaban J connectivity index is 1.40. The van der Waals surface area contributed by atoms with Crippen LogP contribution < -0.4 is 25.2 Å². The second-order valence-corrected chi connectivity index (χ2v) is 8.62. The first-order valence-electron chi connectivity index (χ1n) is 11.6. The average Bonchev–Trinajstić information content (AvgIpc) is 3.49.